The molecule has 0 bridgehead atoms. The first kappa shape index (κ1) is 10.1. The number of nitrogens with zero attached hydrogens (tertiary/aromatic N) is 1. The van der Waals surface area contributed by atoms with Crippen molar-refractivity contribution in [2.24, 2.45) is 4.99 Å². The maximum atomic E-state index is 5.17. The van der Waals surface area contributed by atoms with E-state index in [2.05, 4.69) is 23.2 Å². The summed E-state index contributed by atoms with van der Waals surface area (Å²) in [7, 11) is 1.67. The lowest BCUT2D eigenvalue weighted by molar-refractivity contribution is 0.400. The van der Waals surface area contributed by atoms with Crippen LogP contribution in [0.4, 0.5) is 0 Å². The van der Waals surface area contributed by atoms with Crippen LogP contribution in [0.25, 0.3) is 0 Å². The predicted octanol–water partition coefficient (Wildman–Crippen LogP) is 2.06. The van der Waals surface area contributed by atoms with Crippen molar-refractivity contribution >= 4 is 18.3 Å². The molecule has 0 radical (unpaired) electrons. The van der Waals surface area contributed by atoms with E-state index >= 15 is 0 Å². The maximum Gasteiger partial charge on any atom is 0.216 e. The Morgan fingerprint density at radius 3 is 2.85 bits per heavy atom. The highest BCUT2D eigenvalue weighted by Crippen LogP contribution is 2.15. The van der Waals surface area contributed by atoms with Gasteiger partial charge in [-0.2, -0.15) is 0 Å². The van der Waals surface area contributed by atoms with Crippen molar-refractivity contribution in [3.8, 4) is 0 Å². The quantitative estimate of drug-likeness (QED) is 0.624. The number of hydrogen-bond acceptors (Lipinski definition) is 2. The molecule has 0 spiro atoms. The van der Waals surface area contributed by atoms with Crippen LogP contribution >= 0.6 is 12.4 Å². The minimum Gasteiger partial charge on any atom is -0.481 e. The smallest absolute Gasteiger partial charge is 0.216 e. The second-order valence-electron chi connectivity index (χ2n) is 2.80. The standard InChI is InChI=1S/C10H11NO.ClH/c1-12-10-9-5-3-2-4-8(9)6-7-11-10;/h2-5H,6-7H2,1H3;1H. The molecule has 2 rings (SSSR count). The molecule has 13 heavy (non-hydrogen) atoms. The zero-order valence-electron chi connectivity index (χ0n) is 7.49. The van der Waals surface area contributed by atoms with E-state index in [4.69, 9.17) is 4.74 Å². The molecule has 2 nitrogen and oxygen atoms in total. The molecule has 0 atom stereocenters. The van der Waals surface area contributed by atoms with Gasteiger partial charge in [0.25, 0.3) is 0 Å². The van der Waals surface area contributed by atoms with E-state index in [-0.39, 0.29) is 12.4 Å². The normalized spacial score (nSPS) is 13.8. The van der Waals surface area contributed by atoms with E-state index in [9.17, 15) is 0 Å². The molecular weight excluding hydrogens is 186 g/mol. The van der Waals surface area contributed by atoms with Gasteiger partial charge < -0.3 is 4.74 Å². The Balaban J connectivity index is 0.000000845. The Morgan fingerprint density at radius 2 is 2.08 bits per heavy atom. The average molecular weight is 198 g/mol. The van der Waals surface area contributed by atoms with E-state index in [1.165, 1.54) is 5.56 Å². The summed E-state index contributed by atoms with van der Waals surface area (Å²) in [6, 6.07) is 8.25. The average Bonchev–Trinajstić information content (AvgIpc) is 2.17. The maximum absolute atomic E-state index is 5.17. The number of rotatable bonds is 0. The number of halogens is 1. The van der Waals surface area contributed by atoms with Crippen LogP contribution < -0.4 is 0 Å². The van der Waals surface area contributed by atoms with Crippen molar-refractivity contribution < 1.29 is 4.74 Å². The van der Waals surface area contributed by atoms with Gasteiger partial charge in [0.1, 0.15) is 0 Å². The molecular formula is C10H12ClNO. The van der Waals surface area contributed by atoms with E-state index in [0.29, 0.717) is 0 Å². The molecule has 1 aliphatic rings. The van der Waals surface area contributed by atoms with Gasteiger partial charge >= 0.3 is 0 Å². The summed E-state index contributed by atoms with van der Waals surface area (Å²) < 4.78 is 5.17. The Labute approximate surface area is 84.0 Å². The van der Waals surface area contributed by atoms with Gasteiger partial charge in [-0.25, -0.2) is 0 Å². The fourth-order valence-electron chi connectivity index (χ4n) is 1.48. The molecule has 70 valence electrons. The monoisotopic (exact) mass is 197 g/mol. The molecule has 1 aromatic rings. The van der Waals surface area contributed by atoms with Gasteiger partial charge in [0, 0.05) is 12.1 Å². The van der Waals surface area contributed by atoms with Crippen LogP contribution in [0.5, 0.6) is 0 Å². The molecule has 0 saturated heterocycles. The highest BCUT2D eigenvalue weighted by atomic mass is 35.5. The van der Waals surface area contributed by atoms with Crippen LogP contribution in [-0.4, -0.2) is 19.6 Å². The van der Waals surface area contributed by atoms with Gasteiger partial charge in [-0.05, 0) is 18.1 Å². The van der Waals surface area contributed by atoms with Crippen LogP contribution in [0.2, 0.25) is 0 Å². The number of methoxy groups -OCH3 is 1. The fraction of sp³-hybridized carbons (Fsp3) is 0.300. The first-order valence-corrected chi connectivity index (χ1v) is 4.08. The van der Waals surface area contributed by atoms with Crippen molar-refractivity contribution in [2.75, 3.05) is 13.7 Å². The third kappa shape index (κ3) is 1.83. The number of aliphatic imine (C=N–C) groups is 1. The first-order chi connectivity index (χ1) is 5.92. The summed E-state index contributed by atoms with van der Waals surface area (Å²) in [5.41, 5.74) is 2.48. The SMILES string of the molecule is COC1=NCCc2ccccc21.Cl. The lowest BCUT2D eigenvalue weighted by Gasteiger charge is -2.14. The summed E-state index contributed by atoms with van der Waals surface area (Å²) in [5.74, 6) is 0.775. The Bertz CT molecular complexity index is 322. The number of ether oxygens (including phenoxy) is 1. The Morgan fingerprint density at radius 1 is 1.31 bits per heavy atom. The molecule has 0 N–H and O–H groups in total. The van der Waals surface area contributed by atoms with Gasteiger partial charge in [0.2, 0.25) is 5.90 Å². The third-order valence-corrected chi connectivity index (χ3v) is 2.08. The Hall–Kier alpha value is -1.02. The van der Waals surface area contributed by atoms with Crippen molar-refractivity contribution in [3.05, 3.63) is 35.4 Å². The molecule has 1 heterocycles. The summed E-state index contributed by atoms with van der Waals surface area (Å²) in [6.07, 6.45) is 1.03. The molecule has 0 aliphatic carbocycles. The van der Waals surface area contributed by atoms with Crippen LogP contribution in [-0.2, 0) is 11.2 Å². The topological polar surface area (TPSA) is 21.6 Å². The first-order valence-electron chi connectivity index (χ1n) is 4.08. The highest BCUT2D eigenvalue weighted by Gasteiger charge is 2.12. The number of benzene rings is 1. The van der Waals surface area contributed by atoms with Gasteiger partial charge in [0.15, 0.2) is 0 Å². The minimum absolute atomic E-state index is 0. The van der Waals surface area contributed by atoms with E-state index in [1.807, 2.05) is 6.07 Å². The number of fused-ring (bicyclic) bond motifs is 1. The molecule has 1 aliphatic heterocycles. The predicted molar refractivity (Wildman–Crippen MR) is 55.8 cm³/mol. The molecule has 0 unspecified atom stereocenters. The van der Waals surface area contributed by atoms with Crippen LogP contribution in [0.3, 0.4) is 0 Å². The second-order valence-corrected chi connectivity index (χ2v) is 2.80. The molecule has 3 heteroatoms. The Kier molecular flexibility index (Phi) is 3.32. The summed E-state index contributed by atoms with van der Waals surface area (Å²) in [6.45, 7) is 0.847. The van der Waals surface area contributed by atoms with Crippen LogP contribution in [0.1, 0.15) is 11.1 Å². The second kappa shape index (κ2) is 4.28. The van der Waals surface area contributed by atoms with Crippen molar-refractivity contribution in [2.45, 2.75) is 6.42 Å². The van der Waals surface area contributed by atoms with E-state index < -0.39 is 0 Å². The van der Waals surface area contributed by atoms with Crippen molar-refractivity contribution in [1.82, 2.24) is 0 Å². The van der Waals surface area contributed by atoms with Gasteiger partial charge in [-0.15, -0.1) is 12.4 Å². The molecule has 0 aromatic heterocycles. The zero-order chi connectivity index (χ0) is 8.39. The van der Waals surface area contributed by atoms with Gasteiger partial charge in [-0.1, -0.05) is 18.2 Å². The van der Waals surface area contributed by atoms with E-state index in [0.717, 1.165) is 24.4 Å². The lowest BCUT2D eigenvalue weighted by atomic mass is 10.0. The third-order valence-electron chi connectivity index (χ3n) is 2.08. The molecule has 0 amide bonds. The zero-order valence-corrected chi connectivity index (χ0v) is 8.30. The summed E-state index contributed by atoms with van der Waals surface area (Å²) in [5, 5.41) is 0. The summed E-state index contributed by atoms with van der Waals surface area (Å²) in [4.78, 5) is 4.28. The minimum atomic E-state index is 0. The van der Waals surface area contributed by atoms with Gasteiger partial charge in [-0.3, -0.25) is 4.99 Å². The lowest BCUT2D eigenvalue weighted by Crippen LogP contribution is -2.13. The van der Waals surface area contributed by atoms with Crippen LogP contribution in [0.15, 0.2) is 29.3 Å². The molecule has 0 fully saturated rings. The summed E-state index contributed by atoms with van der Waals surface area (Å²) >= 11 is 0. The number of hydrogen-bond donors (Lipinski definition) is 0. The largest absolute Gasteiger partial charge is 0.481 e. The van der Waals surface area contributed by atoms with Gasteiger partial charge in [0.05, 0.1) is 7.11 Å². The van der Waals surface area contributed by atoms with Crippen molar-refractivity contribution in [3.63, 3.8) is 0 Å². The van der Waals surface area contributed by atoms with E-state index in [1.54, 1.807) is 7.11 Å². The highest BCUT2D eigenvalue weighted by molar-refractivity contribution is 5.96. The van der Waals surface area contributed by atoms with Crippen molar-refractivity contribution in [1.29, 1.82) is 0 Å². The molecule has 0 saturated carbocycles. The fourth-order valence-corrected chi connectivity index (χ4v) is 1.48. The molecule has 1 aromatic carbocycles. The van der Waals surface area contributed by atoms with Crippen LogP contribution in [0, 0.1) is 0 Å².